The standard InChI is InChI=1S/C14H4Cl2N4/c1-19-11(7-17)13(15)9-3-5-10(6-4-9)14(16)12(8-18)20-2/h3-6H. The summed E-state index contributed by atoms with van der Waals surface area (Å²) in [4.78, 5) is 6.03. The van der Waals surface area contributed by atoms with E-state index in [1.165, 1.54) is 0 Å². The molecular formula is C14H4Cl2N4. The van der Waals surface area contributed by atoms with Crippen LogP contribution in [0.2, 0.25) is 0 Å². The summed E-state index contributed by atoms with van der Waals surface area (Å²) >= 11 is 11.8. The van der Waals surface area contributed by atoms with E-state index in [1.807, 2.05) is 0 Å². The molecule has 0 radical (unpaired) electrons. The molecule has 4 nitrogen and oxygen atoms in total. The van der Waals surface area contributed by atoms with Crippen molar-refractivity contribution in [2.75, 3.05) is 0 Å². The zero-order valence-corrected chi connectivity index (χ0v) is 11.4. The lowest BCUT2D eigenvalue weighted by Gasteiger charge is -2.03. The highest BCUT2D eigenvalue weighted by Gasteiger charge is 2.09. The van der Waals surface area contributed by atoms with Crippen LogP contribution in [0.1, 0.15) is 11.1 Å². The van der Waals surface area contributed by atoms with E-state index >= 15 is 0 Å². The second-order valence-corrected chi connectivity index (χ2v) is 4.11. The summed E-state index contributed by atoms with van der Waals surface area (Å²) in [7, 11) is 0. The van der Waals surface area contributed by atoms with Gasteiger partial charge in [0.25, 0.3) is 11.4 Å². The van der Waals surface area contributed by atoms with Gasteiger partial charge in [-0.1, -0.05) is 47.5 Å². The second-order valence-electron chi connectivity index (χ2n) is 3.35. The first-order valence-corrected chi connectivity index (χ1v) is 5.80. The van der Waals surface area contributed by atoms with Crippen LogP contribution in [-0.4, -0.2) is 0 Å². The number of hydrogen-bond acceptors (Lipinski definition) is 2. The van der Waals surface area contributed by atoms with Gasteiger partial charge in [0.2, 0.25) is 0 Å². The molecule has 94 valence electrons. The van der Waals surface area contributed by atoms with E-state index in [2.05, 4.69) is 9.69 Å². The Kier molecular flexibility index (Phi) is 5.34. The summed E-state index contributed by atoms with van der Waals surface area (Å²) in [5.41, 5.74) is 0.544. The SMILES string of the molecule is [C-]#[N+]C(C#N)=C(Cl)c1ccc(C(Cl)=C(C#N)[N+]#[C-])cc1. The second kappa shape index (κ2) is 6.98. The molecule has 0 aromatic heterocycles. The number of rotatable bonds is 2. The molecule has 0 N–H and O–H groups in total. The van der Waals surface area contributed by atoms with Gasteiger partial charge >= 0.3 is 0 Å². The summed E-state index contributed by atoms with van der Waals surface area (Å²) in [6.45, 7) is 13.6. The average Bonchev–Trinajstić information content (AvgIpc) is 2.49. The van der Waals surface area contributed by atoms with Crippen molar-refractivity contribution < 1.29 is 0 Å². The molecule has 0 bridgehead atoms. The van der Waals surface area contributed by atoms with E-state index in [-0.39, 0.29) is 21.5 Å². The van der Waals surface area contributed by atoms with E-state index in [4.69, 9.17) is 46.9 Å². The minimum atomic E-state index is -0.208. The van der Waals surface area contributed by atoms with Crippen molar-refractivity contribution in [2.24, 2.45) is 0 Å². The molecular weight excluding hydrogens is 295 g/mol. The van der Waals surface area contributed by atoms with Gasteiger partial charge in [-0.15, -0.1) is 0 Å². The lowest BCUT2D eigenvalue weighted by atomic mass is 10.1. The quantitative estimate of drug-likeness (QED) is 0.600. The normalized spacial score (nSPS) is 11.9. The number of halogens is 2. The Bertz CT molecular complexity index is 661. The topological polar surface area (TPSA) is 56.3 Å². The summed E-state index contributed by atoms with van der Waals surface area (Å²) in [6, 6.07) is 9.63. The Morgan fingerprint density at radius 3 is 1.35 bits per heavy atom. The van der Waals surface area contributed by atoms with Crippen LogP contribution >= 0.6 is 23.2 Å². The van der Waals surface area contributed by atoms with Crippen LogP contribution in [-0.2, 0) is 0 Å². The van der Waals surface area contributed by atoms with Crippen LogP contribution in [0.4, 0.5) is 0 Å². The van der Waals surface area contributed by atoms with E-state index < -0.39 is 0 Å². The van der Waals surface area contributed by atoms with Crippen LogP contribution in [0.25, 0.3) is 19.8 Å². The fourth-order valence-electron chi connectivity index (χ4n) is 1.28. The van der Waals surface area contributed by atoms with Crippen molar-refractivity contribution in [3.05, 3.63) is 69.6 Å². The Hall–Kier alpha value is -2.76. The predicted octanol–water partition coefficient (Wildman–Crippen LogP) is 4.39. The highest BCUT2D eigenvalue weighted by atomic mass is 35.5. The van der Waals surface area contributed by atoms with Crippen LogP contribution in [0, 0.1) is 35.8 Å². The molecule has 0 aliphatic heterocycles. The van der Waals surface area contributed by atoms with Crippen LogP contribution in [0.5, 0.6) is 0 Å². The molecule has 1 aromatic rings. The van der Waals surface area contributed by atoms with Gasteiger partial charge in [-0.3, -0.25) is 0 Å². The van der Waals surface area contributed by atoms with E-state index in [1.54, 1.807) is 36.4 Å². The monoisotopic (exact) mass is 298 g/mol. The molecule has 0 unspecified atom stereocenters. The van der Waals surface area contributed by atoms with Gasteiger partial charge < -0.3 is 0 Å². The number of nitriles is 2. The molecule has 1 aromatic carbocycles. The van der Waals surface area contributed by atoms with Crippen molar-refractivity contribution in [1.82, 2.24) is 0 Å². The third-order valence-corrected chi connectivity index (χ3v) is 3.04. The lowest BCUT2D eigenvalue weighted by Crippen LogP contribution is -1.85. The number of nitrogens with zero attached hydrogens (tertiary/aromatic N) is 4. The summed E-state index contributed by atoms with van der Waals surface area (Å²) in [5.74, 6) is 0. The first-order valence-electron chi connectivity index (χ1n) is 5.04. The molecule has 20 heavy (non-hydrogen) atoms. The Balaban J connectivity index is 3.30. The first-order chi connectivity index (χ1) is 9.58. The van der Waals surface area contributed by atoms with Crippen molar-refractivity contribution in [3.8, 4) is 12.1 Å². The van der Waals surface area contributed by atoms with E-state index in [0.717, 1.165) is 0 Å². The van der Waals surface area contributed by atoms with Gasteiger partial charge in [0.1, 0.15) is 0 Å². The smallest absolute Gasteiger partial charge is 0.225 e. The highest BCUT2D eigenvalue weighted by molar-refractivity contribution is 6.50. The van der Waals surface area contributed by atoms with Crippen molar-refractivity contribution >= 4 is 33.3 Å². The minimum absolute atomic E-state index is 0.0415. The molecule has 0 spiro atoms. The van der Waals surface area contributed by atoms with E-state index in [9.17, 15) is 0 Å². The predicted molar refractivity (Wildman–Crippen MR) is 76.4 cm³/mol. The maximum atomic E-state index is 8.73. The van der Waals surface area contributed by atoms with Crippen LogP contribution in [0.15, 0.2) is 35.7 Å². The summed E-state index contributed by atoms with van der Waals surface area (Å²) in [5, 5.41) is 17.5. The van der Waals surface area contributed by atoms with Crippen molar-refractivity contribution in [1.29, 1.82) is 10.5 Å². The summed E-state index contributed by atoms with van der Waals surface area (Å²) < 4.78 is 0. The van der Waals surface area contributed by atoms with Crippen molar-refractivity contribution in [2.45, 2.75) is 0 Å². The Morgan fingerprint density at radius 1 is 0.850 bits per heavy atom. The minimum Gasteiger partial charge on any atom is -0.225 e. The number of benzene rings is 1. The fraction of sp³-hybridized carbons (Fsp3) is 0. The maximum absolute atomic E-state index is 8.73. The third-order valence-electron chi connectivity index (χ3n) is 2.24. The first kappa shape index (κ1) is 15.3. The number of allylic oxidation sites excluding steroid dienone is 2. The number of hydrogen-bond donors (Lipinski definition) is 0. The van der Waals surface area contributed by atoms with Gasteiger partial charge in [-0.2, -0.15) is 0 Å². The zero-order chi connectivity index (χ0) is 15.1. The summed E-state index contributed by atoms with van der Waals surface area (Å²) in [6.07, 6.45) is 0. The molecule has 0 aliphatic rings. The molecule has 0 saturated heterocycles. The molecule has 0 heterocycles. The molecule has 0 aliphatic carbocycles. The van der Waals surface area contributed by atoms with Crippen molar-refractivity contribution in [3.63, 3.8) is 0 Å². The molecule has 0 fully saturated rings. The van der Waals surface area contributed by atoms with Crippen LogP contribution in [0.3, 0.4) is 0 Å². The molecule has 6 heteroatoms. The van der Waals surface area contributed by atoms with Crippen LogP contribution < -0.4 is 0 Å². The molecule has 1 rings (SSSR count). The third kappa shape index (κ3) is 3.17. The van der Waals surface area contributed by atoms with Gasteiger partial charge in [-0.05, 0) is 11.1 Å². The van der Waals surface area contributed by atoms with Gasteiger partial charge in [0, 0.05) is 0 Å². The highest BCUT2D eigenvalue weighted by Crippen LogP contribution is 2.28. The Morgan fingerprint density at radius 2 is 1.15 bits per heavy atom. The Labute approximate surface area is 126 Å². The fourth-order valence-corrected chi connectivity index (χ4v) is 1.70. The molecule has 0 atom stereocenters. The van der Waals surface area contributed by atoms with Gasteiger partial charge in [0.05, 0.1) is 35.3 Å². The largest absolute Gasteiger partial charge is 0.280 e. The average molecular weight is 299 g/mol. The molecule has 0 saturated carbocycles. The molecule has 0 amide bonds. The van der Waals surface area contributed by atoms with Gasteiger partial charge in [0.15, 0.2) is 0 Å². The van der Waals surface area contributed by atoms with Gasteiger partial charge in [-0.25, -0.2) is 20.2 Å². The zero-order valence-electron chi connectivity index (χ0n) is 9.85. The lowest BCUT2D eigenvalue weighted by molar-refractivity contribution is 1.49. The van der Waals surface area contributed by atoms with E-state index in [0.29, 0.717) is 11.1 Å². The maximum Gasteiger partial charge on any atom is 0.280 e.